The molecule has 0 saturated heterocycles. The average Bonchev–Trinajstić information content (AvgIpc) is 2.97. The van der Waals surface area contributed by atoms with Gasteiger partial charge in [-0.2, -0.15) is 0 Å². The van der Waals surface area contributed by atoms with E-state index in [9.17, 15) is 4.79 Å². The minimum absolute atomic E-state index is 0.314. The van der Waals surface area contributed by atoms with Crippen LogP contribution >= 0.6 is 0 Å². The van der Waals surface area contributed by atoms with E-state index >= 15 is 0 Å². The van der Waals surface area contributed by atoms with Gasteiger partial charge in [-0.3, -0.25) is 0 Å². The Morgan fingerprint density at radius 3 is 2.52 bits per heavy atom. The molecule has 0 aliphatic carbocycles. The maximum atomic E-state index is 11.7. The summed E-state index contributed by atoms with van der Waals surface area (Å²) in [5, 5.41) is 1.76. The molecule has 0 spiro atoms. The number of benzene rings is 2. The zero-order valence-electron chi connectivity index (χ0n) is 12.8. The smallest absolute Gasteiger partial charge is 0.339 e. The minimum Gasteiger partial charge on any atom is -0.497 e. The Balaban J connectivity index is 1.95. The van der Waals surface area contributed by atoms with E-state index in [0.717, 1.165) is 33.2 Å². The van der Waals surface area contributed by atoms with Gasteiger partial charge in [-0.25, -0.2) is 4.79 Å². The minimum atomic E-state index is -0.314. The highest BCUT2D eigenvalue weighted by Crippen LogP contribution is 2.34. The van der Waals surface area contributed by atoms with Crippen LogP contribution in [0.15, 0.2) is 62.4 Å². The van der Waals surface area contributed by atoms with E-state index in [0.29, 0.717) is 11.1 Å². The standard InChI is InChI=1S/C19H14O4/c1-11-7-13-8-18-15(9-17(13)23-19(11)20)16(10-22-18)12-3-5-14(21-2)6-4-12/h3-10H,1-2H3. The van der Waals surface area contributed by atoms with Crippen molar-refractivity contribution in [3.8, 4) is 16.9 Å². The first kappa shape index (κ1) is 13.6. The molecular formula is C19H14O4. The van der Waals surface area contributed by atoms with Crippen molar-refractivity contribution in [2.45, 2.75) is 6.92 Å². The second-order valence-corrected chi connectivity index (χ2v) is 5.48. The summed E-state index contributed by atoms with van der Waals surface area (Å²) in [4.78, 5) is 11.7. The lowest BCUT2D eigenvalue weighted by Crippen LogP contribution is -2.01. The molecule has 114 valence electrons. The Hall–Kier alpha value is -3.01. The SMILES string of the molecule is COc1ccc(-c2coc3cc4cc(C)c(=O)oc4cc23)cc1. The summed E-state index contributed by atoms with van der Waals surface area (Å²) in [6, 6.07) is 13.3. The molecule has 2 aromatic heterocycles. The van der Waals surface area contributed by atoms with Gasteiger partial charge < -0.3 is 13.6 Å². The van der Waals surface area contributed by atoms with Crippen LogP contribution < -0.4 is 10.4 Å². The highest BCUT2D eigenvalue weighted by Gasteiger charge is 2.11. The molecule has 4 aromatic rings. The van der Waals surface area contributed by atoms with Gasteiger partial charge in [-0.05, 0) is 42.8 Å². The number of rotatable bonds is 2. The molecule has 0 fully saturated rings. The Labute approximate surface area is 131 Å². The second kappa shape index (κ2) is 5.02. The quantitative estimate of drug-likeness (QED) is 0.511. The number of methoxy groups -OCH3 is 1. The molecule has 0 aliphatic rings. The lowest BCUT2D eigenvalue weighted by atomic mass is 10.0. The van der Waals surface area contributed by atoms with E-state index in [4.69, 9.17) is 13.6 Å². The Kier molecular flexibility index (Phi) is 2.98. The molecule has 0 unspecified atom stereocenters. The summed E-state index contributed by atoms with van der Waals surface area (Å²) in [7, 11) is 1.64. The molecular weight excluding hydrogens is 292 g/mol. The zero-order valence-corrected chi connectivity index (χ0v) is 12.8. The highest BCUT2D eigenvalue weighted by molar-refractivity contribution is 6.01. The van der Waals surface area contributed by atoms with E-state index in [-0.39, 0.29) is 5.63 Å². The maximum absolute atomic E-state index is 11.7. The highest BCUT2D eigenvalue weighted by atomic mass is 16.5. The number of hydrogen-bond acceptors (Lipinski definition) is 4. The van der Waals surface area contributed by atoms with Crippen molar-refractivity contribution < 1.29 is 13.6 Å². The van der Waals surface area contributed by atoms with Crippen LogP contribution in [0, 0.1) is 6.92 Å². The molecule has 23 heavy (non-hydrogen) atoms. The summed E-state index contributed by atoms with van der Waals surface area (Å²) < 4.78 is 16.3. The van der Waals surface area contributed by atoms with Crippen LogP contribution in [0.3, 0.4) is 0 Å². The van der Waals surface area contributed by atoms with E-state index in [2.05, 4.69) is 0 Å². The molecule has 0 aliphatic heterocycles. The van der Waals surface area contributed by atoms with Crippen molar-refractivity contribution >= 4 is 21.9 Å². The lowest BCUT2D eigenvalue weighted by Gasteiger charge is -2.03. The number of fused-ring (bicyclic) bond motifs is 2. The Morgan fingerprint density at radius 2 is 1.78 bits per heavy atom. The second-order valence-electron chi connectivity index (χ2n) is 5.48. The molecule has 0 amide bonds. The first-order chi connectivity index (χ1) is 11.2. The molecule has 0 radical (unpaired) electrons. The first-order valence-electron chi connectivity index (χ1n) is 7.26. The number of hydrogen-bond donors (Lipinski definition) is 0. The van der Waals surface area contributed by atoms with Crippen LogP contribution in [0.2, 0.25) is 0 Å². The maximum Gasteiger partial charge on any atom is 0.339 e. The lowest BCUT2D eigenvalue weighted by molar-refractivity contribution is 0.415. The van der Waals surface area contributed by atoms with Gasteiger partial charge in [0, 0.05) is 21.9 Å². The van der Waals surface area contributed by atoms with Gasteiger partial charge in [0.15, 0.2) is 0 Å². The van der Waals surface area contributed by atoms with E-state index in [1.807, 2.05) is 42.5 Å². The molecule has 0 bridgehead atoms. The summed E-state index contributed by atoms with van der Waals surface area (Å²) in [5.74, 6) is 0.800. The van der Waals surface area contributed by atoms with Gasteiger partial charge in [0.2, 0.25) is 0 Å². The topological polar surface area (TPSA) is 52.6 Å². The number of aryl methyl sites for hydroxylation is 1. The number of ether oxygens (including phenoxy) is 1. The van der Waals surface area contributed by atoms with Crippen molar-refractivity contribution in [3.63, 3.8) is 0 Å². The fourth-order valence-electron chi connectivity index (χ4n) is 2.74. The van der Waals surface area contributed by atoms with Gasteiger partial charge in [0.25, 0.3) is 0 Å². The molecule has 4 rings (SSSR count). The molecule has 2 aromatic carbocycles. The first-order valence-corrected chi connectivity index (χ1v) is 7.26. The van der Waals surface area contributed by atoms with Crippen molar-refractivity contribution in [3.05, 3.63) is 64.7 Å². The fourth-order valence-corrected chi connectivity index (χ4v) is 2.74. The summed E-state index contributed by atoms with van der Waals surface area (Å²) in [6.07, 6.45) is 1.72. The van der Waals surface area contributed by atoms with E-state index < -0.39 is 0 Å². The summed E-state index contributed by atoms with van der Waals surface area (Å²) in [5.41, 5.74) is 3.55. The summed E-state index contributed by atoms with van der Waals surface area (Å²) in [6.45, 7) is 1.74. The predicted octanol–water partition coefficient (Wildman–Crippen LogP) is 4.52. The van der Waals surface area contributed by atoms with Crippen molar-refractivity contribution in [1.29, 1.82) is 0 Å². The van der Waals surface area contributed by atoms with Crippen molar-refractivity contribution in [2.24, 2.45) is 0 Å². The molecule has 0 atom stereocenters. The fraction of sp³-hybridized carbons (Fsp3) is 0.105. The van der Waals surface area contributed by atoms with Gasteiger partial charge in [0.1, 0.15) is 16.9 Å². The Morgan fingerprint density at radius 1 is 1.00 bits per heavy atom. The van der Waals surface area contributed by atoms with Gasteiger partial charge in [-0.15, -0.1) is 0 Å². The largest absolute Gasteiger partial charge is 0.497 e. The van der Waals surface area contributed by atoms with E-state index in [1.165, 1.54) is 0 Å². The summed E-state index contributed by atoms with van der Waals surface area (Å²) >= 11 is 0. The molecule has 4 heteroatoms. The van der Waals surface area contributed by atoms with Crippen LogP contribution in [0.1, 0.15) is 5.56 Å². The average molecular weight is 306 g/mol. The van der Waals surface area contributed by atoms with Crippen LogP contribution in [0.5, 0.6) is 5.75 Å². The van der Waals surface area contributed by atoms with Crippen LogP contribution in [0.4, 0.5) is 0 Å². The van der Waals surface area contributed by atoms with Crippen molar-refractivity contribution in [1.82, 2.24) is 0 Å². The van der Waals surface area contributed by atoms with Crippen LogP contribution in [-0.4, -0.2) is 7.11 Å². The van der Waals surface area contributed by atoms with Gasteiger partial charge in [-0.1, -0.05) is 12.1 Å². The number of furan rings is 1. The van der Waals surface area contributed by atoms with Crippen molar-refractivity contribution in [2.75, 3.05) is 7.11 Å². The van der Waals surface area contributed by atoms with Gasteiger partial charge in [0.05, 0.1) is 13.4 Å². The molecule has 2 heterocycles. The molecule has 0 N–H and O–H groups in total. The van der Waals surface area contributed by atoms with E-state index in [1.54, 1.807) is 20.3 Å². The normalized spacial score (nSPS) is 11.2. The molecule has 4 nitrogen and oxygen atoms in total. The van der Waals surface area contributed by atoms with Gasteiger partial charge >= 0.3 is 5.63 Å². The zero-order chi connectivity index (χ0) is 16.0. The van der Waals surface area contributed by atoms with Crippen LogP contribution in [-0.2, 0) is 0 Å². The third-order valence-corrected chi connectivity index (χ3v) is 4.00. The molecule has 0 saturated carbocycles. The third kappa shape index (κ3) is 2.19. The monoisotopic (exact) mass is 306 g/mol. The Bertz CT molecular complexity index is 1070. The predicted molar refractivity (Wildman–Crippen MR) is 89.0 cm³/mol. The van der Waals surface area contributed by atoms with Crippen LogP contribution in [0.25, 0.3) is 33.1 Å². The third-order valence-electron chi connectivity index (χ3n) is 4.00.